The SMILES string of the molecule is CC(=O)N[C@H](Cc1ccc2ccccc2c1)C(=O)N[C@H](Cc1ccc(Cl)cc1)C(=O)N[C@H](Cc1cccnc1)C(=O)N[C@@H](CO)C(=O)N[C@@H](Cc1ccc(O)cc1)C(=O)N[C@H](CCCCNC(=O)C(CNC(=O)C1CCCCC1)NC(=O)C1CCCCC1)C(=O)N[C@@H](CC(C)C)C(=O)N[C@@H](CCCNC(=N)N)C(=O)N1CCC[C@H]1C(=O)N[C@H](C)C(N)=O. The highest BCUT2D eigenvalue weighted by atomic mass is 35.5. The summed E-state index contributed by atoms with van der Waals surface area (Å²) >= 11 is 6.27. The maximum Gasteiger partial charge on any atom is 0.245 e. The summed E-state index contributed by atoms with van der Waals surface area (Å²) in [4.78, 5) is 205. The Hall–Kier alpha value is -11.8. The molecule has 3 aliphatic rings. The lowest BCUT2D eigenvalue weighted by Crippen LogP contribution is -2.61. The Labute approximate surface area is 715 Å². The van der Waals surface area contributed by atoms with E-state index in [-0.39, 0.29) is 138 Å². The lowest BCUT2D eigenvalue weighted by atomic mass is 9.88. The molecule has 660 valence electrons. The Kier molecular flexibility index (Phi) is 38.1. The van der Waals surface area contributed by atoms with Gasteiger partial charge in [-0.25, -0.2) is 0 Å². The van der Waals surface area contributed by atoms with E-state index in [1.165, 1.54) is 55.4 Å². The van der Waals surface area contributed by atoms with Gasteiger partial charge in [-0.1, -0.05) is 137 Å². The van der Waals surface area contributed by atoms with Gasteiger partial charge in [-0.3, -0.25) is 77.5 Å². The van der Waals surface area contributed by atoms with Crippen LogP contribution in [0.3, 0.4) is 0 Å². The minimum atomic E-state index is -1.89. The van der Waals surface area contributed by atoms with Crippen LogP contribution < -0.4 is 80.6 Å². The number of amides is 14. The molecule has 4 aromatic carbocycles. The number of aromatic hydroxyl groups is 1. The summed E-state index contributed by atoms with van der Waals surface area (Å²) in [5, 5.41) is 66.9. The largest absolute Gasteiger partial charge is 0.508 e. The number of hydrogen-bond donors (Lipinski definition) is 18. The number of hydrogen-bond acceptors (Lipinski definition) is 18. The molecule has 1 aromatic heterocycles. The van der Waals surface area contributed by atoms with E-state index in [0.29, 0.717) is 59.4 Å². The Morgan fingerprint density at radius 2 is 0.975 bits per heavy atom. The number of phenolic OH excluding ortho intramolecular Hbond substituents is 1. The quantitative estimate of drug-likeness (QED) is 0.0151. The lowest BCUT2D eigenvalue weighted by Gasteiger charge is -2.31. The van der Waals surface area contributed by atoms with E-state index in [1.54, 1.807) is 50.2 Å². The van der Waals surface area contributed by atoms with Gasteiger partial charge in [0.05, 0.1) is 6.61 Å². The van der Waals surface area contributed by atoms with E-state index in [2.05, 4.69) is 74.1 Å². The maximum atomic E-state index is 15.4. The Morgan fingerprint density at radius 1 is 0.475 bits per heavy atom. The van der Waals surface area contributed by atoms with Crippen LogP contribution in [0.1, 0.15) is 166 Å². The first-order chi connectivity index (χ1) is 58.4. The molecule has 8 rings (SSSR count). The number of carbonyl (C=O) groups is 14. The number of nitrogens with two attached hydrogens (primary N) is 2. The summed E-state index contributed by atoms with van der Waals surface area (Å²) in [5.74, 6) is -11.8. The smallest absolute Gasteiger partial charge is 0.245 e. The number of benzene rings is 4. The monoisotopic (exact) mass is 1710 g/mol. The second kappa shape index (κ2) is 48.6. The normalized spacial score (nSPS) is 16.6. The van der Waals surface area contributed by atoms with Gasteiger partial charge in [-0.05, 0) is 153 Å². The third kappa shape index (κ3) is 31.0. The van der Waals surface area contributed by atoms with Crippen molar-refractivity contribution in [2.45, 2.75) is 235 Å². The van der Waals surface area contributed by atoms with E-state index in [0.717, 1.165) is 49.3 Å². The first-order valence-corrected chi connectivity index (χ1v) is 42.5. The number of likely N-dealkylation sites (tertiary alicyclic amines) is 1. The van der Waals surface area contributed by atoms with Gasteiger partial charge in [0.1, 0.15) is 72.2 Å². The zero-order chi connectivity index (χ0) is 88.4. The van der Waals surface area contributed by atoms with Gasteiger partial charge < -0.3 is 95.7 Å². The highest BCUT2D eigenvalue weighted by Gasteiger charge is 2.41. The highest BCUT2D eigenvalue weighted by molar-refractivity contribution is 6.30. The fourth-order valence-electron chi connectivity index (χ4n) is 15.3. The molecule has 0 spiro atoms. The van der Waals surface area contributed by atoms with Crippen molar-refractivity contribution in [1.29, 1.82) is 5.41 Å². The third-order valence-corrected chi connectivity index (χ3v) is 22.3. The molecular formula is C87H119ClN18O16. The Morgan fingerprint density at radius 3 is 1.55 bits per heavy atom. The number of pyridine rings is 1. The Balaban J connectivity index is 1.06. The summed E-state index contributed by atoms with van der Waals surface area (Å²) in [6.45, 7) is 5.05. The van der Waals surface area contributed by atoms with Crippen LogP contribution in [-0.4, -0.2) is 208 Å². The van der Waals surface area contributed by atoms with Crippen molar-refractivity contribution in [2.24, 2.45) is 29.2 Å². The van der Waals surface area contributed by atoms with Crippen molar-refractivity contribution in [2.75, 3.05) is 32.8 Å². The number of aliphatic hydroxyl groups is 1. The number of primary amides is 1. The molecule has 14 amide bonds. The number of aromatic nitrogens is 1. The second-order valence-electron chi connectivity index (χ2n) is 32.2. The molecule has 122 heavy (non-hydrogen) atoms. The zero-order valence-electron chi connectivity index (χ0n) is 69.7. The molecule has 11 atom stereocenters. The van der Waals surface area contributed by atoms with Gasteiger partial charge in [0.15, 0.2) is 5.96 Å². The molecule has 5 aromatic rings. The van der Waals surface area contributed by atoms with Crippen LogP contribution >= 0.6 is 11.6 Å². The van der Waals surface area contributed by atoms with Crippen molar-refractivity contribution in [3.8, 4) is 5.75 Å². The summed E-state index contributed by atoms with van der Waals surface area (Å²) in [6, 6.07) is 12.9. The predicted molar refractivity (Wildman–Crippen MR) is 456 cm³/mol. The maximum absolute atomic E-state index is 15.4. The molecule has 20 N–H and O–H groups in total. The van der Waals surface area contributed by atoms with Crippen molar-refractivity contribution in [3.63, 3.8) is 0 Å². The van der Waals surface area contributed by atoms with Crippen molar-refractivity contribution < 1.29 is 77.3 Å². The first kappa shape index (κ1) is 95.7. The van der Waals surface area contributed by atoms with Gasteiger partial charge in [0.2, 0.25) is 82.7 Å². The van der Waals surface area contributed by atoms with Gasteiger partial charge in [-0.2, -0.15) is 0 Å². The van der Waals surface area contributed by atoms with E-state index in [9.17, 15) is 67.7 Å². The summed E-state index contributed by atoms with van der Waals surface area (Å²) in [7, 11) is 0. The minimum Gasteiger partial charge on any atom is -0.508 e. The average Bonchev–Trinajstić information content (AvgIpc) is 1.52. The van der Waals surface area contributed by atoms with E-state index in [4.69, 9.17) is 28.5 Å². The molecule has 0 radical (unpaired) electrons. The highest BCUT2D eigenvalue weighted by Crippen LogP contribution is 2.27. The molecule has 2 aliphatic carbocycles. The van der Waals surface area contributed by atoms with Crippen LogP contribution in [0.5, 0.6) is 5.75 Å². The molecule has 1 aliphatic heterocycles. The van der Waals surface area contributed by atoms with Gasteiger partial charge in [0, 0.05) is 88.0 Å². The van der Waals surface area contributed by atoms with E-state index < -0.39 is 144 Å². The van der Waals surface area contributed by atoms with Crippen molar-refractivity contribution in [3.05, 3.63) is 143 Å². The standard InChI is InChI=1S/C87H119ClN18O16/c1-51(2)42-66(79(115)99-65(26-16-40-94-87(90)91)86(122)106-41-17-27-73(106)85(121)96-52(3)74(89)110)100-78(114)64(25-13-14-39-93-77(113)71(104-76(112)60-22-9-6-10-23-60)49-95-75(111)59-20-7-5-8-21-59)98-81(117)68(45-55-31-36-63(109)37-32-55)103-84(120)72(50-107)105-83(119)70(47-57-18-15-38-92-48-57)102-82(118)69(44-54-29-34-62(88)35-30-54)101-80(116)67(97-53(4)108)46-56-28-33-58-19-11-12-24-61(58)43-56/h11-12,15,18-19,24,28-38,43,48,51-52,59-60,64-73,107,109H,5-10,13-14,16-17,20-23,25-27,39-42,44-47,49-50H2,1-4H3,(H2,89,110)(H,93,113)(H,95,111)(H,96,121)(H,97,108)(H,98,117)(H,99,115)(H,100,114)(H,101,116)(H,102,118)(H,103,120)(H,104,112)(H,105,119)(H4,90,91,94)/t52-,64-,65+,66+,67-,68+,69-,70-,71?,72+,73+/m1/s1. The van der Waals surface area contributed by atoms with Crippen LogP contribution in [0.4, 0.5) is 0 Å². The van der Waals surface area contributed by atoms with E-state index in [1.807, 2.05) is 42.5 Å². The number of aliphatic hydroxyl groups excluding tert-OH is 1. The number of fused-ring (bicyclic) bond motifs is 1. The molecule has 3 fully saturated rings. The lowest BCUT2D eigenvalue weighted by molar-refractivity contribution is -0.142. The fourth-order valence-corrected chi connectivity index (χ4v) is 15.4. The Bertz CT molecular complexity index is 4420. The van der Waals surface area contributed by atoms with Crippen molar-refractivity contribution >= 4 is 111 Å². The number of carbonyl (C=O) groups excluding carboxylic acids is 14. The fraction of sp³-hybridized carbons (Fsp3) is 0.517. The summed E-state index contributed by atoms with van der Waals surface area (Å²) in [6.07, 6.45) is 10.9. The van der Waals surface area contributed by atoms with Crippen molar-refractivity contribution in [1.82, 2.24) is 79.0 Å². The first-order valence-electron chi connectivity index (χ1n) is 42.2. The van der Waals surface area contributed by atoms with Gasteiger partial charge >= 0.3 is 0 Å². The number of phenols is 1. The van der Waals surface area contributed by atoms with Crippen LogP contribution in [-0.2, 0) is 92.8 Å². The molecular weight excluding hydrogens is 1590 g/mol. The molecule has 1 unspecified atom stereocenters. The number of unbranched alkanes of at least 4 members (excludes halogenated alkanes) is 1. The number of halogens is 1. The molecule has 2 saturated carbocycles. The van der Waals surface area contributed by atoms with Crippen LogP contribution in [0.2, 0.25) is 5.02 Å². The zero-order valence-corrected chi connectivity index (χ0v) is 70.4. The third-order valence-electron chi connectivity index (χ3n) is 22.0. The van der Waals surface area contributed by atoms with Crippen LogP contribution in [0, 0.1) is 23.2 Å². The molecule has 0 bridgehead atoms. The van der Waals surface area contributed by atoms with Gasteiger partial charge in [0.25, 0.3) is 0 Å². The molecule has 1 saturated heterocycles. The minimum absolute atomic E-state index is 0.0131. The predicted octanol–water partition coefficient (Wildman–Crippen LogP) is 2.09. The number of nitrogens with one attached hydrogen (secondary N) is 14. The van der Waals surface area contributed by atoms with E-state index >= 15 is 9.59 Å². The summed E-state index contributed by atoms with van der Waals surface area (Å²) < 4.78 is 0. The molecule has 35 heteroatoms. The summed E-state index contributed by atoms with van der Waals surface area (Å²) in [5.41, 5.74) is 13.0. The molecule has 2 heterocycles. The number of guanidine groups is 1. The number of nitrogens with zero attached hydrogens (tertiary/aromatic N) is 2. The molecule has 34 nitrogen and oxygen atoms in total. The van der Waals surface area contributed by atoms with Crippen LogP contribution in [0.15, 0.2) is 116 Å². The number of rotatable bonds is 45. The van der Waals surface area contributed by atoms with Crippen LogP contribution in [0.25, 0.3) is 10.8 Å². The average molecular weight is 1710 g/mol. The van der Waals surface area contributed by atoms with Gasteiger partial charge in [-0.15, -0.1) is 0 Å². The second-order valence-corrected chi connectivity index (χ2v) is 32.7. The topological polar surface area (TPSA) is 528 Å².